The standard InChI is InChI=1S/C13H11ClFN/c14-11-5-1-9(2-6-11)10-3-7-12(15)13(16)8-4-10/h1-6,8H,7,16H2. The largest absolute Gasteiger partial charge is 0.397 e. The second kappa shape index (κ2) is 4.54. The summed E-state index contributed by atoms with van der Waals surface area (Å²) in [5.41, 5.74) is 7.65. The van der Waals surface area contributed by atoms with Gasteiger partial charge in [-0.25, -0.2) is 4.39 Å². The maximum atomic E-state index is 13.2. The van der Waals surface area contributed by atoms with Crippen LogP contribution in [0, 0.1) is 0 Å². The molecule has 0 fully saturated rings. The zero-order valence-corrected chi connectivity index (χ0v) is 9.34. The molecule has 0 aliphatic heterocycles. The molecule has 0 saturated heterocycles. The van der Waals surface area contributed by atoms with Gasteiger partial charge < -0.3 is 5.73 Å². The Hall–Kier alpha value is -1.54. The molecule has 16 heavy (non-hydrogen) atoms. The van der Waals surface area contributed by atoms with Crippen molar-refractivity contribution in [2.75, 3.05) is 0 Å². The van der Waals surface area contributed by atoms with E-state index in [1.165, 1.54) is 0 Å². The predicted molar refractivity (Wildman–Crippen MR) is 65.5 cm³/mol. The number of nitrogens with two attached hydrogens (primary N) is 1. The summed E-state index contributed by atoms with van der Waals surface area (Å²) in [6.07, 6.45) is 5.44. The summed E-state index contributed by atoms with van der Waals surface area (Å²) >= 11 is 5.80. The summed E-state index contributed by atoms with van der Waals surface area (Å²) in [4.78, 5) is 0. The van der Waals surface area contributed by atoms with E-state index < -0.39 is 0 Å². The van der Waals surface area contributed by atoms with E-state index >= 15 is 0 Å². The van der Waals surface area contributed by atoms with Gasteiger partial charge in [-0.3, -0.25) is 0 Å². The molecular weight excluding hydrogens is 225 g/mol. The summed E-state index contributed by atoms with van der Waals surface area (Å²) < 4.78 is 13.2. The predicted octanol–water partition coefficient (Wildman–Crippen LogP) is 3.82. The van der Waals surface area contributed by atoms with Crippen LogP contribution in [0.15, 0.2) is 54.0 Å². The molecule has 0 aromatic heterocycles. The number of hydrogen-bond donors (Lipinski definition) is 1. The zero-order chi connectivity index (χ0) is 11.5. The van der Waals surface area contributed by atoms with Gasteiger partial charge in [-0.2, -0.15) is 0 Å². The molecule has 0 spiro atoms. The van der Waals surface area contributed by atoms with Crippen LogP contribution in [0.4, 0.5) is 4.39 Å². The molecule has 1 aliphatic rings. The average Bonchev–Trinajstić information content (AvgIpc) is 2.44. The highest BCUT2D eigenvalue weighted by atomic mass is 35.5. The molecule has 0 amide bonds. The fourth-order valence-corrected chi connectivity index (χ4v) is 1.64. The quantitative estimate of drug-likeness (QED) is 0.787. The average molecular weight is 236 g/mol. The van der Waals surface area contributed by atoms with Gasteiger partial charge >= 0.3 is 0 Å². The molecule has 1 aromatic carbocycles. The molecule has 0 unspecified atom stereocenters. The van der Waals surface area contributed by atoms with Gasteiger partial charge in [-0.1, -0.05) is 35.9 Å². The van der Waals surface area contributed by atoms with Crippen molar-refractivity contribution in [1.82, 2.24) is 0 Å². The van der Waals surface area contributed by atoms with Gasteiger partial charge in [-0.05, 0) is 29.3 Å². The Morgan fingerprint density at radius 1 is 1.12 bits per heavy atom. The lowest BCUT2D eigenvalue weighted by atomic mass is 10.1. The third-order valence-corrected chi connectivity index (χ3v) is 2.69. The van der Waals surface area contributed by atoms with Crippen molar-refractivity contribution in [2.45, 2.75) is 6.42 Å². The molecule has 1 aliphatic carbocycles. The van der Waals surface area contributed by atoms with Gasteiger partial charge in [0.15, 0.2) is 0 Å². The van der Waals surface area contributed by atoms with Crippen LogP contribution < -0.4 is 5.73 Å². The number of allylic oxidation sites excluding steroid dienone is 5. The van der Waals surface area contributed by atoms with Gasteiger partial charge in [-0.15, -0.1) is 0 Å². The van der Waals surface area contributed by atoms with E-state index in [4.69, 9.17) is 17.3 Å². The van der Waals surface area contributed by atoms with Crippen molar-refractivity contribution in [3.63, 3.8) is 0 Å². The fourth-order valence-electron chi connectivity index (χ4n) is 1.51. The van der Waals surface area contributed by atoms with E-state index in [1.54, 1.807) is 6.08 Å². The van der Waals surface area contributed by atoms with E-state index in [0.717, 1.165) is 11.1 Å². The SMILES string of the molecule is NC1=C(F)CC=C(c2ccc(Cl)cc2)C=C1. The molecule has 0 atom stereocenters. The first-order valence-electron chi connectivity index (χ1n) is 4.95. The van der Waals surface area contributed by atoms with Crippen molar-refractivity contribution in [3.8, 4) is 0 Å². The lowest BCUT2D eigenvalue weighted by Crippen LogP contribution is -1.94. The third-order valence-electron chi connectivity index (χ3n) is 2.43. The molecule has 0 saturated carbocycles. The van der Waals surface area contributed by atoms with E-state index in [-0.39, 0.29) is 17.9 Å². The van der Waals surface area contributed by atoms with Gasteiger partial charge in [0.1, 0.15) is 5.83 Å². The minimum Gasteiger partial charge on any atom is -0.397 e. The van der Waals surface area contributed by atoms with Crippen LogP contribution in [-0.2, 0) is 0 Å². The number of halogens is 2. The Balaban J connectivity index is 2.31. The highest BCUT2D eigenvalue weighted by Gasteiger charge is 2.05. The Bertz CT molecular complexity index is 483. The van der Waals surface area contributed by atoms with Crippen LogP contribution >= 0.6 is 11.6 Å². The maximum absolute atomic E-state index is 13.2. The summed E-state index contributed by atoms with van der Waals surface area (Å²) in [6.45, 7) is 0. The molecule has 2 N–H and O–H groups in total. The summed E-state index contributed by atoms with van der Waals surface area (Å²) in [7, 11) is 0. The maximum Gasteiger partial charge on any atom is 0.127 e. The minimum absolute atomic E-state index is 0.195. The van der Waals surface area contributed by atoms with Crippen LogP contribution in [0.1, 0.15) is 12.0 Å². The van der Waals surface area contributed by atoms with Crippen molar-refractivity contribution < 1.29 is 4.39 Å². The van der Waals surface area contributed by atoms with Crippen molar-refractivity contribution in [1.29, 1.82) is 0 Å². The monoisotopic (exact) mass is 235 g/mol. The normalized spacial score (nSPS) is 16.0. The van der Waals surface area contributed by atoms with Crippen LogP contribution in [0.5, 0.6) is 0 Å². The summed E-state index contributed by atoms with van der Waals surface area (Å²) in [5, 5.41) is 0.686. The molecule has 3 heteroatoms. The third kappa shape index (κ3) is 2.34. The Morgan fingerprint density at radius 3 is 2.50 bits per heavy atom. The molecular formula is C13H11ClFN. The molecule has 1 aromatic rings. The second-order valence-corrected chi connectivity index (χ2v) is 4.00. The van der Waals surface area contributed by atoms with Crippen molar-refractivity contribution in [2.24, 2.45) is 5.73 Å². The van der Waals surface area contributed by atoms with Crippen molar-refractivity contribution >= 4 is 17.2 Å². The lowest BCUT2D eigenvalue weighted by Gasteiger charge is -2.01. The van der Waals surface area contributed by atoms with Crippen LogP contribution in [0.2, 0.25) is 5.02 Å². The van der Waals surface area contributed by atoms with Gasteiger partial charge in [0, 0.05) is 11.4 Å². The van der Waals surface area contributed by atoms with Gasteiger partial charge in [0.05, 0.1) is 5.70 Å². The summed E-state index contributed by atoms with van der Waals surface area (Å²) in [5.74, 6) is -0.291. The molecule has 0 heterocycles. The molecule has 2 rings (SSSR count). The van der Waals surface area contributed by atoms with Crippen LogP contribution in [0.25, 0.3) is 5.57 Å². The topological polar surface area (TPSA) is 26.0 Å². The Labute approximate surface area is 98.7 Å². The highest BCUT2D eigenvalue weighted by Crippen LogP contribution is 2.24. The van der Waals surface area contributed by atoms with Crippen molar-refractivity contribution in [3.05, 3.63) is 64.6 Å². The smallest absolute Gasteiger partial charge is 0.127 e. The molecule has 1 nitrogen and oxygen atoms in total. The first-order valence-corrected chi connectivity index (χ1v) is 5.33. The number of benzene rings is 1. The van der Waals surface area contributed by atoms with E-state index in [9.17, 15) is 4.39 Å². The van der Waals surface area contributed by atoms with Gasteiger partial charge in [0.25, 0.3) is 0 Å². The number of rotatable bonds is 1. The van der Waals surface area contributed by atoms with Crippen LogP contribution in [-0.4, -0.2) is 0 Å². The van der Waals surface area contributed by atoms with E-state index in [0.29, 0.717) is 5.02 Å². The second-order valence-electron chi connectivity index (χ2n) is 3.56. The Kier molecular flexibility index (Phi) is 3.11. The Morgan fingerprint density at radius 2 is 1.81 bits per heavy atom. The molecule has 0 radical (unpaired) electrons. The minimum atomic E-state index is -0.291. The summed E-state index contributed by atoms with van der Waals surface area (Å²) in [6, 6.07) is 7.42. The first-order chi connectivity index (χ1) is 7.66. The highest BCUT2D eigenvalue weighted by molar-refractivity contribution is 6.30. The number of hydrogen-bond acceptors (Lipinski definition) is 1. The zero-order valence-electron chi connectivity index (χ0n) is 8.58. The molecule has 0 bridgehead atoms. The molecule has 82 valence electrons. The van der Waals surface area contributed by atoms with E-state index in [1.807, 2.05) is 36.4 Å². The first kappa shape index (κ1) is 11.0. The van der Waals surface area contributed by atoms with Crippen LogP contribution in [0.3, 0.4) is 0 Å². The lowest BCUT2D eigenvalue weighted by molar-refractivity contribution is 0.608. The van der Waals surface area contributed by atoms with Gasteiger partial charge in [0.2, 0.25) is 0 Å². The van der Waals surface area contributed by atoms with E-state index in [2.05, 4.69) is 0 Å². The fraction of sp³-hybridized carbons (Fsp3) is 0.0769.